The highest BCUT2D eigenvalue weighted by molar-refractivity contribution is 5.90. The first-order chi connectivity index (χ1) is 10.4. The normalized spacial score (nSPS) is 13.6. The fourth-order valence-corrected chi connectivity index (χ4v) is 2.54. The average molecular weight is 303 g/mol. The lowest BCUT2D eigenvalue weighted by Crippen LogP contribution is -2.31. The van der Waals surface area contributed by atoms with Crippen LogP contribution in [0.25, 0.3) is 0 Å². The number of carbonyl (C=O) groups is 2. The zero-order valence-electron chi connectivity index (χ0n) is 13.8. The van der Waals surface area contributed by atoms with Crippen LogP contribution in [0.3, 0.4) is 0 Å². The average Bonchev–Trinajstić information content (AvgIpc) is 3.28. The fourth-order valence-electron chi connectivity index (χ4n) is 2.54. The van der Waals surface area contributed by atoms with Crippen molar-refractivity contribution in [1.82, 2.24) is 4.90 Å². The molecule has 0 unspecified atom stereocenters. The van der Waals surface area contributed by atoms with Gasteiger partial charge in [0.15, 0.2) is 0 Å². The largest absolute Gasteiger partial charge is 0.377 e. The van der Waals surface area contributed by atoms with Crippen LogP contribution in [0.4, 0.5) is 11.4 Å². The van der Waals surface area contributed by atoms with Gasteiger partial charge in [0.25, 0.3) is 0 Å². The Morgan fingerprint density at radius 3 is 2.45 bits per heavy atom. The van der Waals surface area contributed by atoms with E-state index in [1.54, 1.807) is 6.92 Å². The molecule has 0 spiro atoms. The van der Waals surface area contributed by atoms with Crippen molar-refractivity contribution in [1.29, 1.82) is 0 Å². The number of rotatable bonds is 6. The van der Waals surface area contributed by atoms with Gasteiger partial charge in [-0.15, -0.1) is 0 Å². The van der Waals surface area contributed by atoms with Crippen molar-refractivity contribution in [2.75, 3.05) is 24.3 Å². The maximum Gasteiger partial charge on any atom is 0.224 e. The van der Waals surface area contributed by atoms with Crippen LogP contribution in [0, 0.1) is 0 Å². The summed E-state index contributed by atoms with van der Waals surface area (Å²) in [6.45, 7) is 4.04. The van der Waals surface area contributed by atoms with Gasteiger partial charge in [-0.2, -0.15) is 0 Å². The summed E-state index contributed by atoms with van der Waals surface area (Å²) >= 11 is 0. The van der Waals surface area contributed by atoms with Gasteiger partial charge in [-0.3, -0.25) is 9.59 Å². The van der Waals surface area contributed by atoms with Gasteiger partial charge in [0.05, 0.1) is 0 Å². The Bertz CT molecular complexity index is 565. The van der Waals surface area contributed by atoms with E-state index in [2.05, 4.69) is 5.32 Å². The van der Waals surface area contributed by atoms with Crippen molar-refractivity contribution < 1.29 is 9.59 Å². The van der Waals surface area contributed by atoms with Crippen LogP contribution >= 0.6 is 0 Å². The molecule has 1 aliphatic rings. The van der Waals surface area contributed by atoms with E-state index in [9.17, 15) is 9.59 Å². The molecular formula is C17H25N3O2. The summed E-state index contributed by atoms with van der Waals surface area (Å²) in [6, 6.07) is 6.25. The van der Waals surface area contributed by atoms with E-state index in [1.165, 1.54) is 0 Å². The quantitative estimate of drug-likeness (QED) is 0.879. The maximum atomic E-state index is 11.9. The number of nitrogens with one attached hydrogen (secondary N) is 1. The molecule has 120 valence electrons. The van der Waals surface area contributed by atoms with Gasteiger partial charge in [0.2, 0.25) is 11.8 Å². The third kappa shape index (κ3) is 4.00. The summed E-state index contributed by atoms with van der Waals surface area (Å²) < 4.78 is 0. The molecule has 5 nitrogen and oxygen atoms in total. The first kappa shape index (κ1) is 16.3. The number of hydrogen-bond donors (Lipinski definition) is 1. The van der Waals surface area contributed by atoms with E-state index in [0.29, 0.717) is 19.0 Å². The van der Waals surface area contributed by atoms with Crippen molar-refractivity contribution in [2.45, 2.75) is 45.7 Å². The summed E-state index contributed by atoms with van der Waals surface area (Å²) in [6.07, 6.45) is 2.62. The molecule has 0 bridgehead atoms. The number of nitrogens with zero attached hydrogens (tertiary/aromatic N) is 2. The van der Waals surface area contributed by atoms with Gasteiger partial charge < -0.3 is 15.1 Å². The van der Waals surface area contributed by atoms with E-state index in [0.717, 1.165) is 29.8 Å². The molecule has 0 atom stereocenters. The topological polar surface area (TPSA) is 52.7 Å². The van der Waals surface area contributed by atoms with E-state index in [4.69, 9.17) is 0 Å². The Morgan fingerprint density at radius 2 is 1.95 bits per heavy atom. The van der Waals surface area contributed by atoms with Gasteiger partial charge in [0, 0.05) is 51.4 Å². The number of benzene rings is 1. The number of hydrogen-bond acceptors (Lipinski definition) is 3. The molecule has 1 fully saturated rings. The van der Waals surface area contributed by atoms with Crippen LogP contribution in [-0.4, -0.2) is 36.9 Å². The van der Waals surface area contributed by atoms with Crippen LogP contribution in [-0.2, 0) is 16.1 Å². The molecule has 0 radical (unpaired) electrons. The van der Waals surface area contributed by atoms with Crippen LogP contribution in [0.15, 0.2) is 18.2 Å². The zero-order chi connectivity index (χ0) is 16.3. The van der Waals surface area contributed by atoms with Gasteiger partial charge >= 0.3 is 0 Å². The van der Waals surface area contributed by atoms with Crippen LogP contribution in [0.5, 0.6) is 0 Å². The van der Waals surface area contributed by atoms with Crippen molar-refractivity contribution in [2.24, 2.45) is 0 Å². The molecule has 1 aliphatic carbocycles. The monoisotopic (exact) mass is 303 g/mol. The first-order valence-electron chi connectivity index (χ1n) is 7.79. The summed E-state index contributed by atoms with van der Waals surface area (Å²) in [5.41, 5.74) is 2.91. The molecule has 2 amide bonds. The minimum absolute atomic E-state index is 0.00540. The number of carbonyl (C=O) groups excluding carboxylic acids is 2. The minimum Gasteiger partial charge on any atom is -0.377 e. The van der Waals surface area contributed by atoms with E-state index in [1.807, 2.05) is 49.0 Å². The second-order valence-corrected chi connectivity index (χ2v) is 6.02. The van der Waals surface area contributed by atoms with E-state index >= 15 is 0 Å². The molecule has 0 aromatic heterocycles. The lowest BCUT2D eigenvalue weighted by Gasteiger charge is -2.25. The SMILES string of the molecule is CCC(=O)Nc1ccc(N(C)C)c(CN(C(C)=O)C2CC2)c1. The molecule has 1 aromatic rings. The molecular weight excluding hydrogens is 278 g/mol. The molecule has 2 rings (SSSR count). The van der Waals surface area contributed by atoms with Crippen LogP contribution in [0.2, 0.25) is 0 Å². The Hall–Kier alpha value is -2.04. The Morgan fingerprint density at radius 1 is 1.27 bits per heavy atom. The van der Waals surface area contributed by atoms with E-state index in [-0.39, 0.29) is 11.8 Å². The van der Waals surface area contributed by atoms with Crippen molar-refractivity contribution >= 4 is 23.2 Å². The highest BCUT2D eigenvalue weighted by Gasteiger charge is 2.31. The number of anilines is 2. The molecule has 1 N–H and O–H groups in total. The second kappa shape index (κ2) is 6.81. The highest BCUT2D eigenvalue weighted by atomic mass is 16.2. The summed E-state index contributed by atoms with van der Waals surface area (Å²) in [4.78, 5) is 27.4. The van der Waals surface area contributed by atoms with Crippen molar-refractivity contribution in [3.63, 3.8) is 0 Å². The molecule has 1 saturated carbocycles. The number of amides is 2. The van der Waals surface area contributed by atoms with Crippen molar-refractivity contribution in [3.8, 4) is 0 Å². The zero-order valence-corrected chi connectivity index (χ0v) is 13.8. The lowest BCUT2D eigenvalue weighted by molar-refractivity contribution is -0.130. The molecule has 5 heteroatoms. The summed E-state index contributed by atoms with van der Waals surface area (Å²) in [7, 11) is 3.97. The van der Waals surface area contributed by atoms with Gasteiger partial charge in [0.1, 0.15) is 0 Å². The molecule has 0 heterocycles. The van der Waals surface area contributed by atoms with Crippen LogP contribution < -0.4 is 10.2 Å². The lowest BCUT2D eigenvalue weighted by atomic mass is 10.1. The third-order valence-corrected chi connectivity index (χ3v) is 3.90. The Labute approximate surface area is 132 Å². The molecule has 1 aromatic carbocycles. The third-order valence-electron chi connectivity index (χ3n) is 3.90. The molecule has 22 heavy (non-hydrogen) atoms. The molecule has 0 saturated heterocycles. The first-order valence-corrected chi connectivity index (χ1v) is 7.79. The molecule has 0 aliphatic heterocycles. The highest BCUT2D eigenvalue weighted by Crippen LogP contribution is 2.31. The Balaban J connectivity index is 2.26. The smallest absolute Gasteiger partial charge is 0.224 e. The van der Waals surface area contributed by atoms with Crippen LogP contribution in [0.1, 0.15) is 38.7 Å². The summed E-state index contributed by atoms with van der Waals surface area (Å²) in [5.74, 6) is 0.101. The maximum absolute atomic E-state index is 11.9. The minimum atomic E-state index is -0.00540. The van der Waals surface area contributed by atoms with Crippen molar-refractivity contribution in [3.05, 3.63) is 23.8 Å². The summed E-state index contributed by atoms with van der Waals surface area (Å²) in [5, 5.41) is 2.88. The van der Waals surface area contributed by atoms with E-state index < -0.39 is 0 Å². The second-order valence-electron chi connectivity index (χ2n) is 6.02. The fraction of sp³-hybridized carbons (Fsp3) is 0.529. The van der Waals surface area contributed by atoms with Gasteiger partial charge in [-0.1, -0.05) is 6.92 Å². The Kier molecular flexibility index (Phi) is 5.06. The van der Waals surface area contributed by atoms with Gasteiger partial charge in [-0.25, -0.2) is 0 Å². The predicted octanol–water partition coefficient (Wildman–Crippen LogP) is 2.61. The predicted molar refractivity (Wildman–Crippen MR) is 88.9 cm³/mol. The van der Waals surface area contributed by atoms with Gasteiger partial charge in [-0.05, 0) is 36.6 Å². The standard InChI is InChI=1S/C17H25N3O2/c1-5-17(22)18-14-6-9-16(19(3)4)13(10-14)11-20(12(2)21)15-7-8-15/h6,9-10,15H,5,7-8,11H2,1-4H3,(H,18,22).